The van der Waals surface area contributed by atoms with E-state index in [-0.39, 0.29) is 17.4 Å². The summed E-state index contributed by atoms with van der Waals surface area (Å²) in [5, 5.41) is 3.29. The molecule has 2 aromatic rings. The molecule has 30 heavy (non-hydrogen) atoms. The van der Waals surface area contributed by atoms with Crippen LogP contribution in [0.1, 0.15) is 35.2 Å². The highest BCUT2D eigenvalue weighted by molar-refractivity contribution is 14.1. The van der Waals surface area contributed by atoms with Crippen molar-refractivity contribution < 1.29 is 14.3 Å². The zero-order valence-corrected chi connectivity index (χ0v) is 19.9. The number of benzene rings is 2. The van der Waals surface area contributed by atoms with E-state index in [1.165, 1.54) is 5.56 Å². The van der Waals surface area contributed by atoms with E-state index in [0.29, 0.717) is 5.92 Å². The number of ether oxygens (including phenoxy) is 2. The summed E-state index contributed by atoms with van der Waals surface area (Å²) in [5.41, 5.74) is 2.14. The van der Waals surface area contributed by atoms with E-state index in [1.807, 2.05) is 30.3 Å². The summed E-state index contributed by atoms with van der Waals surface area (Å²) in [6.07, 6.45) is 3.03. The van der Waals surface area contributed by atoms with Gasteiger partial charge in [-0.2, -0.15) is 0 Å². The van der Waals surface area contributed by atoms with E-state index in [2.05, 4.69) is 52.0 Å². The number of likely N-dealkylation sites (tertiary alicyclic amines) is 1. The number of amides is 1. The third kappa shape index (κ3) is 4.04. The van der Waals surface area contributed by atoms with E-state index in [0.717, 1.165) is 53.0 Å². The van der Waals surface area contributed by atoms with Crippen molar-refractivity contribution >= 4 is 28.5 Å². The van der Waals surface area contributed by atoms with E-state index in [4.69, 9.17) is 9.47 Å². The summed E-state index contributed by atoms with van der Waals surface area (Å²) >= 11 is 2.26. The largest absolute Gasteiger partial charge is 0.493 e. The SMILES string of the molecule is COc1ccc([C@]23CC[C@H](NC(=O)c4ccc(I)cc4)C[C@@H]2CN(C)C3)cc1OC. The second-order valence-electron chi connectivity index (χ2n) is 8.57. The van der Waals surface area contributed by atoms with Crippen molar-refractivity contribution in [2.75, 3.05) is 34.4 Å². The number of rotatable bonds is 5. The molecule has 0 aromatic heterocycles. The molecule has 1 aliphatic carbocycles. The summed E-state index contributed by atoms with van der Waals surface area (Å²) in [6.45, 7) is 2.08. The first-order valence-electron chi connectivity index (χ1n) is 10.4. The van der Waals surface area contributed by atoms with E-state index < -0.39 is 0 Å². The Bertz CT molecular complexity index is 917. The maximum absolute atomic E-state index is 12.7. The molecule has 2 aliphatic rings. The lowest BCUT2D eigenvalue weighted by Gasteiger charge is -2.43. The third-order valence-corrected chi connectivity index (χ3v) is 7.49. The zero-order chi connectivity index (χ0) is 21.3. The summed E-state index contributed by atoms with van der Waals surface area (Å²) in [6, 6.07) is 14.3. The molecule has 1 N–H and O–H groups in total. The number of nitrogens with zero attached hydrogens (tertiary/aromatic N) is 1. The van der Waals surface area contributed by atoms with Crippen molar-refractivity contribution in [2.45, 2.75) is 30.7 Å². The fourth-order valence-corrected chi connectivity index (χ4v) is 5.68. The fourth-order valence-electron chi connectivity index (χ4n) is 5.32. The van der Waals surface area contributed by atoms with Crippen LogP contribution in [0.15, 0.2) is 42.5 Å². The van der Waals surface area contributed by atoms with Crippen molar-refractivity contribution in [3.8, 4) is 11.5 Å². The van der Waals surface area contributed by atoms with Crippen LogP contribution in [0.2, 0.25) is 0 Å². The van der Waals surface area contributed by atoms with Gasteiger partial charge in [-0.3, -0.25) is 4.79 Å². The van der Waals surface area contributed by atoms with Gasteiger partial charge in [0.05, 0.1) is 14.2 Å². The van der Waals surface area contributed by atoms with Crippen molar-refractivity contribution in [3.63, 3.8) is 0 Å². The molecule has 1 saturated heterocycles. The number of halogens is 1. The number of hydrogen-bond acceptors (Lipinski definition) is 4. The molecule has 2 fully saturated rings. The maximum Gasteiger partial charge on any atom is 0.251 e. The quantitative estimate of drug-likeness (QED) is 0.604. The van der Waals surface area contributed by atoms with Gasteiger partial charge in [0.15, 0.2) is 11.5 Å². The number of carbonyl (C=O) groups is 1. The van der Waals surface area contributed by atoms with Gasteiger partial charge in [0.2, 0.25) is 0 Å². The molecule has 1 amide bonds. The normalized spacial score (nSPS) is 26.1. The molecule has 2 aromatic carbocycles. The average molecular weight is 520 g/mol. The first-order chi connectivity index (χ1) is 14.4. The van der Waals surface area contributed by atoms with Crippen LogP contribution < -0.4 is 14.8 Å². The number of hydrogen-bond donors (Lipinski definition) is 1. The van der Waals surface area contributed by atoms with Gasteiger partial charge >= 0.3 is 0 Å². The Hall–Kier alpha value is -1.80. The number of nitrogens with one attached hydrogen (secondary N) is 1. The smallest absolute Gasteiger partial charge is 0.251 e. The Morgan fingerprint density at radius 2 is 1.87 bits per heavy atom. The van der Waals surface area contributed by atoms with Crippen molar-refractivity contribution in [2.24, 2.45) is 5.92 Å². The molecule has 0 unspecified atom stereocenters. The Balaban J connectivity index is 1.53. The monoisotopic (exact) mass is 520 g/mol. The molecule has 160 valence electrons. The summed E-state index contributed by atoms with van der Waals surface area (Å²) in [4.78, 5) is 15.2. The Morgan fingerprint density at radius 3 is 2.57 bits per heavy atom. The summed E-state index contributed by atoms with van der Waals surface area (Å²) in [5.74, 6) is 2.07. The molecule has 0 bridgehead atoms. The van der Waals surface area contributed by atoms with Gasteiger partial charge in [-0.1, -0.05) is 6.07 Å². The number of likely N-dealkylation sites (N-methyl/N-ethyl adjacent to an activating group) is 1. The van der Waals surface area contributed by atoms with E-state index in [1.54, 1.807) is 14.2 Å². The molecule has 6 heteroatoms. The van der Waals surface area contributed by atoms with Gasteiger partial charge in [-0.15, -0.1) is 0 Å². The lowest BCUT2D eigenvalue weighted by Crippen LogP contribution is -2.47. The summed E-state index contributed by atoms with van der Waals surface area (Å²) < 4.78 is 12.1. The molecule has 1 heterocycles. The minimum Gasteiger partial charge on any atom is -0.493 e. The van der Waals surface area contributed by atoms with Crippen LogP contribution in [-0.2, 0) is 5.41 Å². The predicted molar refractivity (Wildman–Crippen MR) is 126 cm³/mol. The Labute approximate surface area is 192 Å². The number of carbonyl (C=O) groups excluding carboxylic acids is 1. The molecule has 3 atom stereocenters. The lowest BCUT2D eigenvalue weighted by molar-refractivity contribution is 0.0904. The second kappa shape index (κ2) is 8.75. The number of methoxy groups -OCH3 is 2. The van der Waals surface area contributed by atoms with Crippen molar-refractivity contribution in [3.05, 3.63) is 57.2 Å². The highest BCUT2D eigenvalue weighted by atomic mass is 127. The topological polar surface area (TPSA) is 50.8 Å². The molecule has 0 spiro atoms. The lowest BCUT2D eigenvalue weighted by atomic mass is 9.63. The first kappa shape index (κ1) is 21.4. The molecular weight excluding hydrogens is 491 g/mol. The molecule has 5 nitrogen and oxygen atoms in total. The van der Waals surface area contributed by atoms with Gasteiger partial charge in [-0.05, 0) is 96.8 Å². The van der Waals surface area contributed by atoms with E-state index >= 15 is 0 Å². The van der Waals surface area contributed by atoms with Gasteiger partial charge in [0, 0.05) is 33.7 Å². The standard InChI is InChI=1S/C24H29IN2O3/c1-27-14-18-12-20(26-23(28)16-4-7-19(25)8-5-16)10-11-24(18,15-27)17-6-9-21(29-2)22(13-17)30-3/h4-9,13,18,20H,10-12,14-15H2,1-3H3,(H,26,28)/t18-,20+,24-/m1/s1. The highest BCUT2D eigenvalue weighted by Gasteiger charge is 2.50. The summed E-state index contributed by atoms with van der Waals surface area (Å²) in [7, 11) is 5.55. The Morgan fingerprint density at radius 1 is 1.13 bits per heavy atom. The highest BCUT2D eigenvalue weighted by Crippen LogP contribution is 2.49. The second-order valence-corrected chi connectivity index (χ2v) is 9.82. The van der Waals surface area contributed by atoms with Crippen LogP contribution in [0, 0.1) is 9.49 Å². The minimum absolute atomic E-state index is 0.0290. The van der Waals surface area contributed by atoms with Gasteiger partial charge in [0.25, 0.3) is 5.91 Å². The van der Waals surface area contributed by atoms with Gasteiger partial charge in [0.1, 0.15) is 0 Å². The van der Waals surface area contributed by atoms with Crippen LogP contribution >= 0.6 is 22.6 Å². The van der Waals surface area contributed by atoms with E-state index in [9.17, 15) is 4.79 Å². The minimum atomic E-state index is 0.0290. The third-order valence-electron chi connectivity index (χ3n) is 6.77. The molecule has 4 rings (SSSR count). The molecule has 0 radical (unpaired) electrons. The van der Waals surface area contributed by atoms with Crippen LogP contribution in [0.5, 0.6) is 11.5 Å². The predicted octanol–water partition coefficient (Wildman–Crippen LogP) is 4.09. The fraction of sp³-hybridized carbons (Fsp3) is 0.458. The Kier molecular flexibility index (Phi) is 6.25. The van der Waals surface area contributed by atoms with Crippen LogP contribution in [0.4, 0.5) is 0 Å². The molecule has 1 aliphatic heterocycles. The van der Waals surface area contributed by atoms with Gasteiger partial charge < -0.3 is 19.7 Å². The van der Waals surface area contributed by atoms with Gasteiger partial charge in [-0.25, -0.2) is 0 Å². The van der Waals surface area contributed by atoms with Crippen molar-refractivity contribution in [1.82, 2.24) is 10.2 Å². The molecule has 1 saturated carbocycles. The van der Waals surface area contributed by atoms with Crippen LogP contribution in [0.25, 0.3) is 0 Å². The van der Waals surface area contributed by atoms with Crippen LogP contribution in [-0.4, -0.2) is 51.2 Å². The average Bonchev–Trinajstić information content (AvgIpc) is 3.09. The zero-order valence-electron chi connectivity index (χ0n) is 17.8. The number of fused-ring (bicyclic) bond motifs is 1. The maximum atomic E-state index is 12.7. The first-order valence-corrected chi connectivity index (χ1v) is 11.5. The van der Waals surface area contributed by atoms with Crippen molar-refractivity contribution in [1.29, 1.82) is 0 Å². The molecular formula is C24H29IN2O3. The van der Waals surface area contributed by atoms with Crippen LogP contribution in [0.3, 0.4) is 0 Å².